The molecule has 0 atom stereocenters. The summed E-state index contributed by atoms with van der Waals surface area (Å²) in [6, 6.07) is 14.6. The molecule has 0 bridgehead atoms. The highest BCUT2D eigenvalue weighted by molar-refractivity contribution is 7.10. The number of allylic oxidation sites excluding steroid dienone is 3. The summed E-state index contributed by atoms with van der Waals surface area (Å²) in [6.45, 7) is 0. The van der Waals surface area contributed by atoms with E-state index in [1.807, 2.05) is 29.7 Å². The van der Waals surface area contributed by atoms with Crippen LogP contribution in [-0.2, 0) is 0 Å². The van der Waals surface area contributed by atoms with Crippen LogP contribution >= 0.6 is 11.3 Å². The number of carbonyl (C=O) groups is 1. The summed E-state index contributed by atoms with van der Waals surface area (Å²) < 4.78 is 0. The molecule has 4 heteroatoms. The van der Waals surface area contributed by atoms with Crippen molar-refractivity contribution in [3.63, 3.8) is 0 Å². The Morgan fingerprint density at radius 2 is 1.76 bits per heavy atom. The molecule has 0 unspecified atom stereocenters. The average Bonchev–Trinajstić information content (AvgIpc) is 3.11. The summed E-state index contributed by atoms with van der Waals surface area (Å²) in [7, 11) is 0. The molecule has 0 fully saturated rings. The van der Waals surface area contributed by atoms with Gasteiger partial charge in [-0.3, -0.25) is 4.79 Å². The van der Waals surface area contributed by atoms with Crippen molar-refractivity contribution in [1.82, 2.24) is 0 Å². The average molecular weight is 288 g/mol. The topological polar surface area (TPSA) is 64.7 Å². The summed E-state index contributed by atoms with van der Waals surface area (Å²) in [5.41, 5.74) is 2.02. The Morgan fingerprint density at radius 3 is 2.38 bits per heavy atom. The van der Waals surface area contributed by atoms with E-state index in [-0.39, 0.29) is 11.4 Å². The number of hydrogen-bond acceptors (Lipinski definition) is 4. The third kappa shape index (κ3) is 2.08. The van der Waals surface area contributed by atoms with E-state index in [1.165, 1.54) is 11.3 Å². The van der Waals surface area contributed by atoms with Crippen LogP contribution in [0, 0.1) is 22.7 Å². The molecule has 2 aromatic rings. The van der Waals surface area contributed by atoms with E-state index in [1.54, 1.807) is 30.3 Å². The number of nitrogens with zero attached hydrogens (tertiary/aromatic N) is 2. The Labute approximate surface area is 125 Å². The Hall–Kier alpha value is -2.95. The molecule has 0 spiro atoms. The Balaban J connectivity index is 2.32. The number of nitriles is 2. The van der Waals surface area contributed by atoms with Gasteiger partial charge in [-0.15, -0.1) is 11.3 Å². The monoisotopic (exact) mass is 288 g/mol. The Kier molecular flexibility index (Phi) is 3.23. The first-order valence-corrected chi connectivity index (χ1v) is 7.08. The van der Waals surface area contributed by atoms with Gasteiger partial charge in [0.05, 0.1) is 0 Å². The lowest BCUT2D eigenvalue weighted by Crippen LogP contribution is -1.95. The highest BCUT2D eigenvalue weighted by Crippen LogP contribution is 2.39. The van der Waals surface area contributed by atoms with Gasteiger partial charge in [-0.05, 0) is 23.1 Å². The number of benzene rings is 1. The van der Waals surface area contributed by atoms with Crippen LogP contribution in [0.3, 0.4) is 0 Å². The molecule has 0 amide bonds. The number of Topliss-reactive ketones (excluding diaryl/α,β-unsaturated/α-hetero) is 1. The van der Waals surface area contributed by atoms with E-state index in [0.29, 0.717) is 22.3 Å². The quantitative estimate of drug-likeness (QED) is 0.591. The van der Waals surface area contributed by atoms with Gasteiger partial charge in [-0.25, -0.2) is 0 Å². The SMILES string of the molecule is N#CC(C#N)=C1/C(=C/c2cccs2)C(=O)c2ccccc21. The van der Waals surface area contributed by atoms with Crippen molar-refractivity contribution in [3.8, 4) is 12.1 Å². The van der Waals surface area contributed by atoms with E-state index in [9.17, 15) is 15.3 Å². The van der Waals surface area contributed by atoms with E-state index in [4.69, 9.17) is 0 Å². The van der Waals surface area contributed by atoms with Crippen molar-refractivity contribution < 1.29 is 4.79 Å². The van der Waals surface area contributed by atoms with Gasteiger partial charge in [-0.2, -0.15) is 10.5 Å². The highest BCUT2D eigenvalue weighted by Gasteiger charge is 2.32. The van der Waals surface area contributed by atoms with Crippen molar-refractivity contribution in [2.45, 2.75) is 0 Å². The first-order valence-electron chi connectivity index (χ1n) is 6.20. The fourth-order valence-corrected chi connectivity index (χ4v) is 3.02. The molecule has 0 aliphatic heterocycles. The standard InChI is InChI=1S/C17H8N2OS/c18-9-11(10-19)16-13-5-1-2-6-14(13)17(20)15(16)8-12-4-3-7-21-12/h1-8H/b15-8-. The van der Waals surface area contributed by atoms with Crippen LogP contribution in [0.2, 0.25) is 0 Å². The molecule has 1 heterocycles. The zero-order valence-corrected chi connectivity index (χ0v) is 11.6. The second kappa shape index (κ2) is 5.20. The lowest BCUT2D eigenvalue weighted by Gasteiger charge is -2.00. The predicted molar refractivity (Wildman–Crippen MR) is 81.2 cm³/mol. The van der Waals surface area contributed by atoms with Gasteiger partial charge in [0.15, 0.2) is 5.78 Å². The van der Waals surface area contributed by atoms with Crippen molar-refractivity contribution in [2.75, 3.05) is 0 Å². The van der Waals surface area contributed by atoms with E-state index in [0.717, 1.165) is 4.88 Å². The highest BCUT2D eigenvalue weighted by atomic mass is 32.1. The van der Waals surface area contributed by atoms with E-state index in [2.05, 4.69) is 0 Å². The van der Waals surface area contributed by atoms with Crippen LogP contribution in [-0.4, -0.2) is 5.78 Å². The molecule has 21 heavy (non-hydrogen) atoms. The molecule has 0 saturated carbocycles. The summed E-state index contributed by atoms with van der Waals surface area (Å²) >= 11 is 1.50. The third-order valence-corrected chi connectivity index (χ3v) is 4.08. The second-order valence-corrected chi connectivity index (χ2v) is 5.40. The van der Waals surface area contributed by atoms with Crippen molar-refractivity contribution >= 4 is 28.8 Å². The minimum Gasteiger partial charge on any atom is -0.289 e. The number of rotatable bonds is 1. The van der Waals surface area contributed by atoms with Gasteiger partial charge in [-0.1, -0.05) is 30.3 Å². The largest absolute Gasteiger partial charge is 0.289 e. The maximum Gasteiger partial charge on any atom is 0.194 e. The minimum atomic E-state index is -0.142. The van der Waals surface area contributed by atoms with Gasteiger partial charge in [0.25, 0.3) is 0 Å². The van der Waals surface area contributed by atoms with Crippen LogP contribution in [0.1, 0.15) is 20.8 Å². The fraction of sp³-hybridized carbons (Fsp3) is 0. The van der Waals surface area contributed by atoms with Crippen LogP contribution in [0.25, 0.3) is 11.6 Å². The molecule has 1 aliphatic carbocycles. The second-order valence-electron chi connectivity index (χ2n) is 4.42. The maximum absolute atomic E-state index is 12.6. The predicted octanol–water partition coefficient (Wildman–Crippen LogP) is 3.83. The van der Waals surface area contributed by atoms with Gasteiger partial charge < -0.3 is 0 Å². The summed E-state index contributed by atoms with van der Waals surface area (Å²) in [5.74, 6) is -0.142. The van der Waals surface area contributed by atoms with Crippen LogP contribution in [0.4, 0.5) is 0 Å². The number of ketones is 1. The molecule has 98 valence electrons. The molecule has 0 N–H and O–H groups in total. The van der Waals surface area contributed by atoms with Crippen molar-refractivity contribution in [2.24, 2.45) is 0 Å². The Morgan fingerprint density at radius 1 is 1.05 bits per heavy atom. The maximum atomic E-state index is 12.6. The first-order chi connectivity index (χ1) is 10.3. The Bertz CT molecular complexity index is 858. The minimum absolute atomic E-state index is 0.0314. The normalized spacial score (nSPS) is 14.7. The number of thiophene rings is 1. The van der Waals surface area contributed by atoms with E-state index < -0.39 is 0 Å². The molecule has 3 nitrogen and oxygen atoms in total. The summed E-state index contributed by atoms with van der Waals surface area (Å²) in [4.78, 5) is 13.5. The lowest BCUT2D eigenvalue weighted by atomic mass is 9.99. The van der Waals surface area contributed by atoms with E-state index >= 15 is 0 Å². The molecular formula is C17H8N2OS. The third-order valence-electron chi connectivity index (χ3n) is 3.26. The van der Waals surface area contributed by atoms with Crippen LogP contribution in [0.5, 0.6) is 0 Å². The molecule has 0 radical (unpaired) electrons. The van der Waals surface area contributed by atoms with Crippen molar-refractivity contribution in [3.05, 3.63) is 68.9 Å². The molecule has 1 aliphatic rings. The van der Waals surface area contributed by atoms with Gasteiger partial charge in [0, 0.05) is 21.6 Å². The van der Waals surface area contributed by atoms with Crippen LogP contribution < -0.4 is 0 Å². The first kappa shape index (κ1) is 13.1. The zero-order chi connectivity index (χ0) is 14.8. The zero-order valence-electron chi connectivity index (χ0n) is 10.8. The number of hydrogen-bond donors (Lipinski definition) is 0. The molecule has 1 aromatic heterocycles. The van der Waals surface area contributed by atoms with Gasteiger partial charge >= 0.3 is 0 Å². The van der Waals surface area contributed by atoms with Crippen LogP contribution in [0.15, 0.2) is 52.9 Å². The van der Waals surface area contributed by atoms with Gasteiger partial charge in [0.1, 0.15) is 17.7 Å². The van der Waals surface area contributed by atoms with Crippen molar-refractivity contribution in [1.29, 1.82) is 10.5 Å². The lowest BCUT2D eigenvalue weighted by molar-refractivity contribution is 0.104. The molecule has 1 aromatic carbocycles. The number of carbonyl (C=O) groups excluding carboxylic acids is 1. The van der Waals surface area contributed by atoms with Gasteiger partial charge in [0.2, 0.25) is 0 Å². The smallest absolute Gasteiger partial charge is 0.194 e. The molecule has 3 rings (SSSR count). The molecular weight excluding hydrogens is 280 g/mol. The summed E-state index contributed by atoms with van der Waals surface area (Å²) in [5, 5.41) is 20.3. The fourth-order valence-electron chi connectivity index (χ4n) is 2.36. The summed E-state index contributed by atoms with van der Waals surface area (Å²) in [6.07, 6.45) is 1.75. The number of fused-ring (bicyclic) bond motifs is 1. The molecule has 0 saturated heterocycles.